The number of benzene rings is 1. The molecule has 1 aromatic carbocycles. The summed E-state index contributed by atoms with van der Waals surface area (Å²) in [5.41, 5.74) is 3.36. The maximum atomic E-state index is 12.8. The molecule has 1 amide bonds. The predicted octanol–water partition coefficient (Wildman–Crippen LogP) is 2.31. The van der Waals surface area contributed by atoms with Gasteiger partial charge in [-0.05, 0) is 19.1 Å². The average molecular weight is 332 g/mol. The Hall–Kier alpha value is -2.41. The van der Waals surface area contributed by atoms with Crippen LogP contribution in [-0.2, 0) is 20.9 Å². The molecule has 0 fully saturated rings. The molecule has 0 N–H and O–H groups in total. The van der Waals surface area contributed by atoms with Crippen molar-refractivity contribution in [3.8, 4) is 5.75 Å². The third kappa shape index (κ3) is 3.05. The van der Waals surface area contributed by atoms with Crippen LogP contribution in [0.1, 0.15) is 17.0 Å². The van der Waals surface area contributed by atoms with Gasteiger partial charge in [-0.15, -0.1) is 11.3 Å². The maximum absolute atomic E-state index is 12.8. The number of para-hydroxylation sites is 2. The summed E-state index contributed by atoms with van der Waals surface area (Å²) in [7, 11) is 1.29. The molecule has 0 unspecified atom stereocenters. The summed E-state index contributed by atoms with van der Waals surface area (Å²) in [5, 5.41) is 0. The highest BCUT2D eigenvalue weighted by Gasteiger charge is 2.36. The van der Waals surface area contributed by atoms with E-state index < -0.39 is 12.1 Å². The molecule has 120 valence electrons. The second-order valence-corrected chi connectivity index (χ2v) is 6.08. The first-order valence-electron chi connectivity index (χ1n) is 7.13. The molecule has 0 saturated carbocycles. The van der Waals surface area contributed by atoms with Crippen LogP contribution in [0.25, 0.3) is 0 Å². The van der Waals surface area contributed by atoms with Crippen LogP contribution in [0.2, 0.25) is 0 Å². The number of amides is 1. The van der Waals surface area contributed by atoms with E-state index in [4.69, 9.17) is 4.74 Å². The van der Waals surface area contributed by atoms with Crippen molar-refractivity contribution in [1.29, 1.82) is 0 Å². The van der Waals surface area contributed by atoms with Crippen LogP contribution in [0.3, 0.4) is 0 Å². The summed E-state index contributed by atoms with van der Waals surface area (Å²) < 4.78 is 10.3. The molecule has 7 heteroatoms. The van der Waals surface area contributed by atoms with Crippen LogP contribution in [0.15, 0.2) is 29.8 Å². The Morgan fingerprint density at radius 3 is 2.91 bits per heavy atom. The second-order valence-electron chi connectivity index (χ2n) is 5.14. The maximum Gasteiger partial charge on any atom is 0.309 e. The van der Waals surface area contributed by atoms with E-state index in [1.165, 1.54) is 18.4 Å². The molecule has 0 spiro atoms. The SMILES string of the molecule is COC(=O)C[C@@H]1Oc2ccccc2N(Cc2scnc2C)C1=O. The predicted molar refractivity (Wildman–Crippen MR) is 85.5 cm³/mol. The van der Waals surface area contributed by atoms with E-state index in [1.54, 1.807) is 16.5 Å². The van der Waals surface area contributed by atoms with Gasteiger partial charge in [-0.25, -0.2) is 4.98 Å². The molecule has 0 bridgehead atoms. The molecule has 0 radical (unpaired) electrons. The largest absolute Gasteiger partial charge is 0.478 e. The van der Waals surface area contributed by atoms with Crippen molar-refractivity contribution >= 4 is 28.9 Å². The summed E-state index contributed by atoms with van der Waals surface area (Å²) in [6.45, 7) is 2.32. The Morgan fingerprint density at radius 2 is 2.22 bits per heavy atom. The van der Waals surface area contributed by atoms with Gasteiger partial charge in [0, 0.05) is 4.88 Å². The van der Waals surface area contributed by atoms with Gasteiger partial charge in [0.25, 0.3) is 5.91 Å². The standard InChI is InChI=1S/C16H16N2O4S/c1-10-14(23-9-17-10)8-18-11-5-3-4-6-12(11)22-13(16(18)20)7-15(19)21-2/h3-6,9,13H,7-8H2,1-2H3/t13-/m0/s1. The van der Waals surface area contributed by atoms with Crippen LogP contribution >= 0.6 is 11.3 Å². The van der Waals surface area contributed by atoms with Crippen molar-refractivity contribution in [1.82, 2.24) is 4.98 Å². The van der Waals surface area contributed by atoms with Gasteiger partial charge < -0.3 is 14.4 Å². The Morgan fingerprint density at radius 1 is 1.43 bits per heavy atom. The van der Waals surface area contributed by atoms with Gasteiger partial charge in [0.05, 0.1) is 37.0 Å². The molecule has 0 saturated heterocycles. The summed E-state index contributed by atoms with van der Waals surface area (Å²) in [5.74, 6) is -0.137. The topological polar surface area (TPSA) is 68.7 Å². The fourth-order valence-electron chi connectivity index (χ4n) is 2.42. The molecule has 1 aromatic heterocycles. The summed E-state index contributed by atoms with van der Waals surface area (Å²) in [6.07, 6.45) is -0.979. The molecule has 23 heavy (non-hydrogen) atoms. The quantitative estimate of drug-likeness (QED) is 0.804. The Balaban J connectivity index is 1.93. The van der Waals surface area contributed by atoms with Crippen molar-refractivity contribution in [3.63, 3.8) is 0 Å². The third-order valence-electron chi connectivity index (χ3n) is 3.69. The number of aryl methyl sites for hydroxylation is 1. The number of fused-ring (bicyclic) bond motifs is 1. The number of nitrogens with zero attached hydrogens (tertiary/aromatic N) is 2. The lowest BCUT2D eigenvalue weighted by molar-refractivity contribution is -0.145. The van der Waals surface area contributed by atoms with E-state index >= 15 is 0 Å². The lowest BCUT2D eigenvalue weighted by atomic mass is 10.1. The molecule has 6 nitrogen and oxygen atoms in total. The first-order valence-corrected chi connectivity index (χ1v) is 8.01. The summed E-state index contributed by atoms with van der Waals surface area (Å²) >= 11 is 1.50. The Kier molecular flexibility index (Phi) is 4.29. The molecule has 3 rings (SSSR count). The highest BCUT2D eigenvalue weighted by Crippen LogP contribution is 2.36. The molecule has 1 aliphatic rings. The smallest absolute Gasteiger partial charge is 0.309 e. The molecule has 2 aromatic rings. The monoisotopic (exact) mass is 332 g/mol. The Bertz CT molecular complexity index is 743. The number of carbonyl (C=O) groups is 2. The van der Waals surface area contributed by atoms with E-state index in [0.717, 1.165) is 10.6 Å². The number of methoxy groups -OCH3 is 1. The first kappa shape index (κ1) is 15.5. The number of rotatable bonds is 4. The fraction of sp³-hybridized carbons (Fsp3) is 0.312. The fourth-order valence-corrected chi connectivity index (χ4v) is 3.19. The third-order valence-corrected chi connectivity index (χ3v) is 4.61. The van der Waals surface area contributed by atoms with E-state index in [0.29, 0.717) is 18.0 Å². The zero-order valence-corrected chi connectivity index (χ0v) is 13.6. The number of aromatic nitrogens is 1. The molecule has 0 aliphatic carbocycles. The molecule has 1 atom stereocenters. The normalized spacial score (nSPS) is 16.7. The minimum Gasteiger partial charge on any atom is -0.478 e. The lowest BCUT2D eigenvalue weighted by Gasteiger charge is -2.33. The number of hydrogen-bond acceptors (Lipinski definition) is 6. The van der Waals surface area contributed by atoms with Crippen LogP contribution in [0.4, 0.5) is 5.69 Å². The van der Waals surface area contributed by atoms with Gasteiger partial charge in [0.2, 0.25) is 0 Å². The number of hydrogen-bond donors (Lipinski definition) is 0. The van der Waals surface area contributed by atoms with Gasteiger partial charge >= 0.3 is 5.97 Å². The van der Waals surface area contributed by atoms with Crippen molar-refractivity contribution in [2.45, 2.75) is 26.0 Å². The highest BCUT2D eigenvalue weighted by molar-refractivity contribution is 7.09. The molecule has 2 heterocycles. The van der Waals surface area contributed by atoms with Crippen LogP contribution in [0, 0.1) is 6.92 Å². The number of carbonyl (C=O) groups excluding carboxylic acids is 2. The highest BCUT2D eigenvalue weighted by atomic mass is 32.1. The van der Waals surface area contributed by atoms with Gasteiger partial charge in [-0.1, -0.05) is 12.1 Å². The first-order chi connectivity index (χ1) is 11.1. The molecule has 1 aliphatic heterocycles. The summed E-state index contributed by atoms with van der Waals surface area (Å²) in [4.78, 5) is 31.2. The molecular weight excluding hydrogens is 316 g/mol. The van der Waals surface area contributed by atoms with Crippen molar-refractivity contribution < 1.29 is 19.1 Å². The number of anilines is 1. The number of ether oxygens (including phenoxy) is 2. The van der Waals surface area contributed by atoms with Crippen LogP contribution in [0.5, 0.6) is 5.75 Å². The van der Waals surface area contributed by atoms with Crippen LogP contribution < -0.4 is 9.64 Å². The average Bonchev–Trinajstić information content (AvgIpc) is 2.96. The van der Waals surface area contributed by atoms with Crippen molar-refractivity contribution in [2.24, 2.45) is 0 Å². The van der Waals surface area contributed by atoms with Gasteiger partial charge in [-0.2, -0.15) is 0 Å². The van der Waals surface area contributed by atoms with Crippen molar-refractivity contribution in [3.05, 3.63) is 40.3 Å². The van der Waals surface area contributed by atoms with E-state index in [1.807, 2.05) is 25.1 Å². The van der Waals surface area contributed by atoms with Gasteiger partial charge in [0.1, 0.15) is 5.75 Å². The van der Waals surface area contributed by atoms with Gasteiger partial charge in [0.15, 0.2) is 6.10 Å². The van der Waals surface area contributed by atoms with E-state index in [-0.39, 0.29) is 12.3 Å². The second kappa shape index (κ2) is 6.37. The number of esters is 1. The number of thiazole rings is 1. The van der Waals surface area contributed by atoms with Gasteiger partial charge in [-0.3, -0.25) is 9.59 Å². The molecular formula is C16H16N2O4S. The minimum atomic E-state index is -0.870. The lowest BCUT2D eigenvalue weighted by Crippen LogP contribution is -2.46. The minimum absolute atomic E-state index is 0.109. The zero-order valence-electron chi connectivity index (χ0n) is 12.8. The Labute approximate surface area is 137 Å². The van der Waals surface area contributed by atoms with Crippen molar-refractivity contribution in [2.75, 3.05) is 12.0 Å². The van der Waals surface area contributed by atoms with E-state index in [9.17, 15) is 9.59 Å². The summed E-state index contributed by atoms with van der Waals surface area (Å²) in [6, 6.07) is 7.30. The van der Waals surface area contributed by atoms with E-state index in [2.05, 4.69) is 9.72 Å². The van der Waals surface area contributed by atoms with Crippen LogP contribution in [-0.4, -0.2) is 30.1 Å². The zero-order chi connectivity index (χ0) is 16.4.